The van der Waals surface area contributed by atoms with Crippen LogP contribution in [0.1, 0.15) is 30.4 Å². The van der Waals surface area contributed by atoms with Crippen LogP contribution in [0.5, 0.6) is 0 Å². The van der Waals surface area contributed by atoms with E-state index in [1.54, 1.807) is 25.4 Å². The van der Waals surface area contributed by atoms with Gasteiger partial charge in [0, 0.05) is 55.8 Å². The fraction of sp³-hybridized carbons (Fsp3) is 0.400. The molecular weight excluding hydrogens is 377 g/mol. The summed E-state index contributed by atoms with van der Waals surface area (Å²) in [7, 11) is 1.69. The Morgan fingerprint density at radius 2 is 1.93 bits per heavy atom. The van der Waals surface area contributed by atoms with Crippen molar-refractivity contribution in [1.29, 1.82) is 0 Å². The first-order valence-corrected chi connectivity index (χ1v) is 10.2. The van der Waals surface area contributed by atoms with E-state index in [2.05, 4.69) is 19.2 Å². The van der Waals surface area contributed by atoms with Gasteiger partial charge in [-0.1, -0.05) is 0 Å². The molecule has 0 amide bonds. The van der Waals surface area contributed by atoms with E-state index in [-0.39, 0.29) is 5.82 Å². The fourth-order valence-corrected chi connectivity index (χ4v) is 4.11. The van der Waals surface area contributed by atoms with Crippen LogP contribution < -0.4 is 4.90 Å². The van der Waals surface area contributed by atoms with Crippen molar-refractivity contribution in [2.24, 2.45) is 0 Å². The Morgan fingerprint density at radius 1 is 1.14 bits per heavy atom. The summed E-state index contributed by atoms with van der Waals surface area (Å²) in [6.45, 7) is 2.46. The Balaban J connectivity index is 1.40. The molecule has 6 nitrogen and oxygen atoms in total. The van der Waals surface area contributed by atoms with E-state index in [1.807, 2.05) is 6.07 Å². The van der Waals surface area contributed by atoms with E-state index in [4.69, 9.17) is 9.72 Å². The lowest BCUT2D eigenvalue weighted by atomic mass is 9.96. The van der Waals surface area contributed by atoms with Gasteiger partial charge in [-0.2, -0.15) is 4.37 Å². The van der Waals surface area contributed by atoms with Gasteiger partial charge in [-0.3, -0.25) is 0 Å². The van der Waals surface area contributed by atoms with Crippen LogP contribution in [-0.4, -0.2) is 46.1 Å². The summed E-state index contributed by atoms with van der Waals surface area (Å²) in [6.07, 6.45) is 4.48. The highest BCUT2D eigenvalue weighted by atomic mass is 32.1. The number of rotatable bonds is 6. The number of hydrogen-bond donors (Lipinski definition) is 0. The zero-order chi connectivity index (χ0) is 19.3. The number of benzene rings is 1. The molecule has 2 aromatic heterocycles. The highest BCUT2D eigenvalue weighted by Crippen LogP contribution is 2.30. The first kappa shape index (κ1) is 18.9. The van der Waals surface area contributed by atoms with E-state index in [9.17, 15) is 4.39 Å². The zero-order valence-corrected chi connectivity index (χ0v) is 16.5. The molecule has 4 rings (SSSR count). The Kier molecular flexibility index (Phi) is 5.87. The molecule has 0 atom stereocenters. The van der Waals surface area contributed by atoms with Gasteiger partial charge in [-0.05, 0) is 43.2 Å². The molecule has 1 aliphatic rings. The minimum atomic E-state index is -0.243. The first-order chi connectivity index (χ1) is 13.7. The van der Waals surface area contributed by atoms with E-state index >= 15 is 0 Å². The largest absolute Gasteiger partial charge is 0.384 e. The molecule has 0 bridgehead atoms. The molecule has 0 unspecified atom stereocenters. The number of aromatic nitrogens is 4. The van der Waals surface area contributed by atoms with E-state index in [1.165, 1.54) is 23.7 Å². The third-order valence-electron chi connectivity index (χ3n) is 4.93. The molecule has 3 heterocycles. The van der Waals surface area contributed by atoms with Gasteiger partial charge >= 0.3 is 0 Å². The van der Waals surface area contributed by atoms with Gasteiger partial charge in [0.1, 0.15) is 17.5 Å². The number of anilines is 1. The first-order valence-electron chi connectivity index (χ1n) is 9.38. The van der Waals surface area contributed by atoms with Gasteiger partial charge in [0.15, 0.2) is 0 Å². The molecule has 146 valence electrons. The van der Waals surface area contributed by atoms with E-state index < -0.39 is 0 Å². The Bertz CT molecular complexity index is 909. The van der Waals surface area contributed by atoms with Crippen molar-refractivity contribution in [2.75, 3.05) is 31.7 Å². The second-order valence-electron chi connectivity index (χ2n) is 6.80. The minimum absolute atomic E-state index is 0.243. The summed E-state index contributed by atoms with van der Waals surface area (Å²) in [4.78, 5) is 16.1. The van der Waals surface area contributed by atoms with Gasteiger partial charge in [-0.25, -0.2) is 19.3 Å². The highest BCUT2D eigenvalue weighted by Gasteiger charge is 2.25. The van der Waals surface area contributed by atoms with Crippen LogP contribution in [0, 0.1) is 5.82 Å². The number of nitrogens with zero attached hydrogens (tertiary/aromatic N) is 5. The van der Waals surface area contributed by atoms with Crippen LogP contribution in [0.25, 0.3) is 11.3 Å². The maximum atomic E-state index is 13.2. The predicted octanol–water partition coefficient (Wildman–Crippen LogP) is 3.71. The molecule has 0 aliphatic carbocycles. The number of piperidine rings is 1. The molecule has 1 aromatic carbocycles. The van der Waals surface area contributed by atoms with E-state index in [0.717, 1.165) is 60.4 Å². The number of methoxy groups -OCH3 is 1. The lowest BCUT2D eigenvalue weighted by molar-refractivity contribution is 0.201. The van der Waals surface area contributed by atoms with Crippen LogP contribution in [0.4, 0.5) is 9.52 Å². The van der Waals surface area contributed by atoms with Crippen molar-refractivity contribution in [2.45, 2.75) is 25.2 Å². The topological polar surface area (TPSA) is 64.0 Å². The number of ether oxygens (including phenoxy) is 1. The zero-order valence-electron chi connectivity index (χ0n) is 15.7. The maximum Gasteiger partial charge on any atom is 0.205 e. The third kappa shape index (κ3) is 4.34. The van der Waals surface area contributed by atoms with Crippen molar-refractivity contribution in [3.8, 4) is 11.3 Å². The third-order valence-corrected chi connectivity index (χ3v) is 5.75. The minimum Gasteiger partial charge on any atom is -0.384 e. The van der Waals surface area contributed by atoms with Gasteiger partial charge in [0.05, 0.1) is 12.3 Å². The van der Waals surface area contributed by atoms with Crippen LogP contribution in [-0.2, 0) is 11.2 Å². The van der Waals surface area contributed by atoms with Gasteiger partial charge in [0.2, 0.25) is 5.13 Å². The molecule has 0 radical (unpaired) electrons. The van der Waals surface area contributed by atoms with Crippen molar-refractivity contribution < 1.29 is 9.13 Å². The van der Waals surface area contributed by atoms with Crippen molar-refractivity contribution in [3.63, 3.8) is 0 Å². The van der Waals surface area contributed by atoms with Crippen molar-refractivity contribution in [3.05, 3.63) is 54.0 Å². The number of hydrogen-bond acceptors (Lipinski definition) is 7. The second kappa shape index (κ2) is 8.70. The number of halogens is 1. The summed E-state index contributed by atoms with van der Waals surface area (Å²) >= 11 is 1.45. The quantitative estimate of drug-likeness (QED) is 0.630. The summed E-state index contributed by atoms with van der Waals surface area (Å²) in [6, 6.07) is 8.28. The predicted molar refractivity (Wildman–Crippen MR) is 107 cm³/mol. The summed E-state index contributed by atoms with van der Waals surface area (Å²) in [5.41, 5.74) is 1.74. The summed E-state index contributed by atoms with van der Waals surface area (Å²) in [5.74, 6) is 1.78. The lowest BCUT2D eigenvalue weighted by Gasteiger charge is -2.30. The smallest absolute Gasteiger partial charge is 0.205 e. The Morgan fingerprint density at radius 3 is 2.68 bits per heavy atom. The fourth-order valence-electron chi connectivity index (χ4n) is 3.35. The molecule has 1 fully saturated rings. The van der Waals surface area contributed by atoms with Crippen LogP contribution in [0.2, 0.25) is 0 Å². The molecular formula is C20H22FN5OS. The van der Waals surface area contributed by atoms with E-state index in [0.29, 0.717) is 12.5 Å². The highest BCUT2D eigenvalue weighted by molar-refractivity contribution is 7.09. The molecule has 8 heteroatoms. The Labute approximate surface area is 167 Å². The van der Waals surface area contributed by atoms with Gasteiger partial charge < -0.3 is 9.64 Å². The lowest BCUT2D eigenvalue weighted by Crippen LogP contribution is -2.33. The maximum absolute atomic E-state index is 13.2. The molecule has 1 aliphatic heterocycles. The van der Waals surface area contributed by atoms with Crippen molar-refractivity contribution in [1.82, 2.24) is 19.3 Å². The van der Waals surface area contributed by atoms with Crippen LogP contribution >= 0.6 is 11.5 Å². The van der Waals surface area contributed by atoms with Crippen molar-refractivity contribution >= 4 is 16.7 Å². The monoisotopic (exact) mass is 399 g/mol. The molecule has 3 aromatic rings. The second-order valence-corrected chi connectivity index (χ2v) is 7.53. The SMILES string of the molecule is COCCc1nsc(N2CCC(c3nccc(-c4ccc(F)cc4)n3)CC2)n1. The van der Waals surface area contributed by atoms with Gasteiger partial charge in [-0.15, -0.1) is 0 Å². The summed E-state index contributed by atoms with van der Waals surface area (Å²) in [5, 5.41) is 0.977. The molecule has 0 spiro atoms. The normalized spacial score (nSPS) is 15.1. The Hall–Kier alpha value is -2.45. The molecule has 0 saturated carbocycles. The van der Waals surface area contributed by atoms with Gasteiger partial charge in [0.25, 0.3) is 0 Å². The average Bonchev–Trinajstić information content (AvgIpc) is 3.22. The van der Waals surface area contributed by atoms with Crippen LogP contribution in [0.3, 0.4) is 0 Å². The molecule has 0 N–H and O–H groups in total. The molecule has 1 saturated heterocycles. The standard InChI is InChI=1S/C20H22FN5OS/c1-27-13-9-18-24-20(28-25-18)26-11-7-15(8-12-26)19-22-10-6-17(23-19)14-2-4-16(21)5-3-14/h2-6,10,15H,7-9,11-13H2,1H3. The van der Waals surface area contributed by atoms with Crippen LogP contribution in [0.15, 0.2) is 36.5 Å². The summed E-state index contributed by atoms with van der Waals surface area (Å²) < 4.78 is 22.7. The average molecular weight is 399 g/mol. The molecule has 28 heavy (non-hydrogen) atoms.